The monoisotopic (exact) mass is 424 g/mol. The molecule has 0 fully saturated rings. The lowest BCUT2D eigenvalue weighted by molar-refractivity contribution is -0.146. The van der Waals surface area contributed by atoms with Crippen LogP contribution in [0.1, 0.15) is 53.0 Å². The van der Waals surface area contributed by atoms with Gasteiger partial charge in [0.2, 0.25) is 0 Å². The average Bonchev–Trinajstić information content (AvgIpc) is 2.72. The van der Waals surface area contributed by atoms with Gasteiger partial charge in [0.05, 0.1) is 30.8 Å². The molecule has 1 aromatic carbocycles. The van der Waals surface area contributed by atoms with Crippen LogP contribution in [0.4, 0.5) is 0 Å². The Morgan fingerprint density at radius 3 is 2.10 bits per heavy atom. The molecule has 0 spiro atoms. The van der Waals surface area contributed by atoms with E-state index in [2.05, 4.69) is 20.8 Å². The third kappa shape index (κ3) is 9.13. The normalized spacial score (nSPS) is 17.9. The van der Waals surface area contributed by atoms with Crippen molar-refractivity contribution in [2.24, 2.45) is 23.7 Å². The van der Waals surface area contributed by atoms with Crippen molar-refractivity contribution in [2.45, 2.75) is 72.4 Å². The molecule has 0 aliphatic carbocycles. The summed E-state index contributed by atoms with van der Waals surface area (Å²) in [7, 11) is 1.59. The molecule has 0 saturated heterocycles. The van der Waals surface area contributed by atoms with E-state index in [1.165, 1.54) is 0 Å². The van der Waals surface area contributed by atoms with Crippen LogP contribution in [-0.2, 0) is 25.6 Å². The summed E-state index contributed by atoms with van der Waals surface area (Å²) in [5, 5.41) is 19.5. The fourth-order valence-electron chi connectivity index (χ4n) is 3.68. The van der Waals surface area contributed by atoms with E-state index in [-0.39, 0.29) is 30.8 Å². The van der Waals surface area contributed by atoms with E-state index in [9.17, 15) is 15.0 Å². The third-order valence-electron chi connectivity index (χ3n) is 5.78. The number of rotatable bonds is 15. The van der Waals surface area contributed by atoms with Crippen LogP contribution in [0, 0.1) is 23.7 Å². The number of carboxylic acids is 1. The summed E-state index contributed by atoms with van der Waals surface area (Å²) in [6.07, 6.45) is 0.335. The minimum absolute atomic E-state index is 0.00712. The SMILES string of the molecule is COCO[C@H](C[C@H](OCc1ccccc1)C(C)C)[C@H](C)C[C@H](C)[C@@H](O)[C@H](C)C(=O)O. The van der Waals surface area contributed by atoms with Crippen molar-refractivity contribution in [2.75, 3.05) is 13.9 Å². The van der Waals surface area contributed by atoms with Gasteiger partial charge >= 0.3 is 5.97 Å². The van der Waals surface area contributed by atoms with Crippen molar-refractivity contribution >= 4 is 5.97 Å². The van der Waals surface area contributed by atoms with Crippen LogP contribution in [-0.4, -0.2) is 48.4 Å². The lowest BCUT2D eigenvalue weighted by atomic mass is 9.83. The van der Waals surface area contributed by atoms with Gasteiger partial charge in [0, 0.05) is 13.5 Å². The number of carboxylic acid groups (broad SMARTS) is 1. The maximum absolute atomic E-state index is 11.2. The number of carbonyl (C=O) groups is 1. The zero-order valence-corrected chi connectivity index (χ0v) is 19.3. The number of aliphatic hydroxyl groups excluding tert-OH is 1. The van der Waals surface area contributed by atoms with Crippen molar-refractivity contribution in [1.29, 1.82) is 0 Å². The zero-order valence-electron chi connectivity index (χ0n) is 19.3. The standard InChI is InChI=1S/C24H40O6/c1-16(2)21(29-14-20-10-8-7-9-11-20)13-22(30-15-28-6)17(3)12-18(4)23(25)19(5)24(26)27/h7-11,16-19,21-23,25H,12-15H2,1-6H3,(H,26,27)/t17-,18+,19+,21+,22-,23-/m1/s1. The van der Waals surface area contributed by atoms with Crippen LogP contribution in [0.25, 0.3) is 0 Å². The highest BCUT2D eigenvalue weighted by Gasteiger charge is 2.31. The first kappa shape index (κ1) is 26.6. The topological polar surface area (TPSA) is 85.2 Å². The van der Waals surface area contributed by atoms with Crippen molar-refractivity contribution in [3.05, 3.63) is 35.9 Å². The first-order valence-corrected chi connectivity index (χ1v) is 10.8. The average molecular weight is 425 g/mol. The molecule has 0 amide bonds. The van der Waals surface area contributed by atoms with Crippen LogP contribution in [0.15, 0.2) is 30.3 Å². The van der Waals surface area contributed by atoms with Gasteiger partial charge in [-0.1, -0.05) is 58.0 Å². The summed E-state index contributed by atoms with van der Waals surface area (Å²) in [4.78, 5) is 11.2. The molecule has 6 atom stereocenters. The van der Waals surface area contributed by atoms with E-state index in [0.29, 0.717) is 25.4 Å². The lowest BCUT2D eigenvalue weighted by Crippen LogP contribution is -2.36. The Labute approximate surface area is 181 Å². The minimum Gasteiger partial charge on any atom is -0.481 e. The Bertz CT molecular complexity index is 591. The first-order chi connectivity index (χ1) is 14.2. The summed E-state index contributed by atoms with van der Waals surface area (Å²) >= 11 is 0. The van der Waals surface area contributed by atoms with Crippen molar-refractivity contribution < 1.29 is 29.2 Å². The van der Waals surface area contributed by atoms with Gasteiger partial charge in [-0.2, -0.15) is 0 Å². The number of hydrogen-bond donors (Lipinski definition) is 2. The van der Waals surface area contributed by atoms with Gasteiger partial charge in [-0.15, -0.1) is 0 Å². The van der Waals surface area contributed by atoms with Gasteiger partial charge in [-0.05, 0) is 36.7 Å². The van der Waals surface area contributed by atoms with Crippen LogP contribution in [0.2, 0.25) is 0 Å². The van der Waals surface area contributed by atoms with Gasteiger partial charge < -0.3 is 24.4 Å². The molecule has 0 bridgehead atoms. The quantitative estimate of drug-likeness (QED) is 0.407. The molecule has 0 aliphatic rings. The molecule has 6 nitrogen and oxygen atoms in total. The van der Waals surface area contributed by atoms with Gasteiger partial charge in [-0.3, -0.25) is 4.79 Å². The predicted molar refractivity (Wildman–Crippen MR) is 117 cm³/mol. The zero-order chi connectivity index (χ0) is 22.7. The molecular formula is C24H40O6. The molecule has 0 aliphatic heterocycles. The number of aliphatic hydroxyl groups is 1. The number of ether oxygens (including phenoxy) is 3. The van der Waals surface area contributed by atoms with Crippen molar-refractivity contribution in [1.82, 2.24) is 0 Å². The molecule has 6 heteroatoms. The summed E-state index contributed by atoms with van der Waals surface area (Å²) in [6.45, 7) is 10.5. The number of aliphatic carboxylic acids is 1. The second-order valence-electron chi connectivity index (χ2n) is 8.73. The molecular weight excluding hydrogens is 384 g/mol. The summed E-state index contributed by atoms with van der Waals surface area (Å²) < 4.78 is 17.3. The van der Waals surface area contributed by atoms with Crippen LogP contribution < -0.4 is 0 Å². The molecule has 0 radical (unpaired) electrons. The Morgan fingerprint density at radius 1 is 0.933 bits per heavy atom. The number of benzene rings is 1. The second kappa shape index (κ2) is 13.8. The molecule has 0 unspecified atom stereocenters. The largest absolute Gasteiger partial charge is 0.481 e. The Balaban J connectivity index is 2.77. The van der Waals surface area contributed by atoms with Gasteiger partial charge in [0.25, 0.3) is 0 Å². The maximum atomic E-state index is 11.2. The van der Waals surface area contributed by atoms with E-state index in [4.69, 9.17) is 14.2 Å². The van der Waals surface area contributed by atoms with E-state index in [1.807, 2.05) is 37.3 Å². The third-order valence-corrected chi connectivity index (χ3v) is 5.78. The summed E-state index contributed by atoms with van der Waals surface area (Å²) in [5.74, 6) is -1.54. The molecule has 2 N–H and O–H groups in total. The predicted octanol–water partition coefficient (Wildman–Crippen LogP) is 4.35. The Kier molecular flexibility index (Phi) is 12.2. The highest BCUT2D eigenvalue weighted by molar-refractivity contribution is 5.70. The number of hydrogen-bond acceptors (Lipinski definition) is 5. The first-order valence-electron chi connectivity index (χ1n) is 10.8. The fraction of sp³-hybridized carbons (Fsp3) is 0.708. The van der Waals surface area contributed by atoms with Crippen molar-refractivity contribution in [3.8, 4) is 0 Å². The molecule has 1 rings (SSSR count). The smallest absolute Gasteiger partial charge is 0.308 e. The number of methoxy groups -OCH3 is 1. The van der Waals surface area contributed by atoms with Gasteiger partial charge in [0.1, 0.15) is 6.79 Å². The minimum atomic E-state index is -0.983. The summed E-state index contributed by atoms with van der Waals surface area (Å²) in [6, 6.07) is 10.1. The molecule has 30 heavy (non-hydrogen) atoms. The van der Waals surface area contributed by atoms with Crippen LogP contribution in [0.3, 0.4) is 0 Å². The molecule has 0 aromatic heterocycles. The second-order valence-corrected chi connectivity index (χ2v) is 8.73. The van der Waals surface area contributed by atoms with Crippen LogP contribution in [0.5, 0.6) is 0 Å². The Morgan fingerprint density at radius 2 is 1.57 bits per heavy atom. The molecule has 0 heterocycles. The van der Waals surface area contributed by atoms with Crippen LogP contribution >= 0.6 is 0 Å². The lowest BCUT2D eigenvalue weighted by Gasteiger charge is -2.32. The van der Waals surface area contributed by atoms with E-state index in [0.717, 1.165) is 5.56 Å². The van der Waals surface area contributed by atoms with Crippen molar-refractivity contribution in [3.63, 3.8) is 0 Å². The van der Waals surface area contributed by atoms with Gasteiger partial charge in [-0.25, -0.2) is 0 Å². The van der Waals surface area contributed by atoms with E-state index in [1.54, 1.807) is 14.0 Å². The van der Waals surface area contributed by atoms with Gasteiger partial charge in [0.15, 0.2) is 0 Å². The highest BCUT2D eigenvalue weighted by atomic mass is 16.7. The maximum Gasteiger partial charge on any atom is 0.308 e. The highest BCUT2D eigenvalue weighted by Crippen LogP contribution is 2.28. The van der Waals surface area contributed by atoms with E-state index >= 15 is 0 Å². The van der Waals surface area contributed by atoms with E-state index < -0.39 is 18.0 Å². The molecule has 0 saturated carbocycles. The molecule has 172 valence electrons. The summed E-state index contributed by atoms with van der Waals surface area (Å²) in [5.41, 5.74) is 1.13. The molecule has 1 aromatic rings. The Hall–Kier alpha value is -1.47. The fourth-order valence-corrected chi connectivity index (χ4v) is 3.68.